The highest BCUT2D eigenvalue weighted by atomic mass is 32.2. The van der Waals surface area contributed by atoms with Crippen molar-refractivity contribution in [2.45, 2.75) is 26.2 Å². The van der Waals surface area contributed by atoms with Crippen molar-refractivity contribution in [2.75, 3.05) is 24.6 Å². The van der Waals surface area contributed by atoms with Crippen LogP contribution in [0.5, 0.6) is 0 Å². The number of thioether (sulfide) groups is 1. The van der Waals surface area contributed by atoms with Gasteiger partial charge in [-0.25, -0.2) is 14.0 Å². The van der Waals surface area contributed by atoms with Gasteiger partial charge in [0.15, 0.2) is 0 Å². The van der Waals surface area contributed by atoms with E-state index >= 15 is 0 Å². The second-order valence-corrected chi connectivity index (χ2v) is 7.70. The van der Waals surface area contributed by atoms with Gasteiger partial charge in [0, 0.05) is 50.6 Å². The molecule has 2 fully saturated rings. The van der Waals surface area contributed by atoms with E-state index in [1.165, 1.54) is 26.0 Å². The summed E-state index contributed by atoms with van der Waals surface area (Å²) in [6.07, 6.45) is 1.30. The Balaban J connectivity index is 1.76. The number of carbonyl (C=O) groups is 2. The van der Waals surface area contributed by atoms with Gasteiger partial charge in [-0.3, -0.25) is 4.90 Å². The average molecular weight is 365 g/mol. The largest absolute Gasteiger partial charge is 0.419 e. The fraction of sp³-hybridized carbons (Fsp3) is 0.444. The van der Waals surface area contributed by atoms with Crippen LogP contribution in [0, 0.1) is 5.82 Å². The molecule has 2 aliphatic rings. The van der Waals surface area contributed by atoms with Crippen LogP contribution in [0.1, 0.15) is 25.0 Å². The van der Waals surface area contributed by atoms with Crippen LogP contribution in [0.25, 0.3) is 6.08 Å². The van der Waals surface area contributed by atoms with E-state index in [9.17, 15) is 14.0 Å². The van der Waals surface area contributed by atoms with Crippen molar-refractivity contribution < 1.29 is 23.5 Å². The lowest BCUT2D eigenvalue weighted by atomic mass is 10.1. The first-order valence-corrected chi connectivity index (χ1v) is 9.26. The second kappa shape index (κ2) is 7.17. The molecule has 3 rings (SSSR count). The predicted octanol–water partition coefficient (Wildman–Crippen LogP) is 2.59. The van der Waals surface area contributed by atoms with Gasteiger partial charge in [-0.2, -0.15) is 11.8 Å². The number of esters is 2. The molecular formula is C18H20FNO4S. The Morgan fingerprint density at radius 3 is 2.44 bits per heavy atom. The van der Waals surface area contributed by atoms with Crippen LogP contribution in [0.4, 0.5) is 4.39 Å². The molecule has 0 radical (unpaired) electrons. The molecule has 5 nitrogen and oxygen atoms in total. The fourth-order valence-corrected chi connectivity index (χ4v) is 3.71. The molecule has 2 saturated heterocycles. The quantitative estimate of drug-likeness (QED) is 0.466. The summed E-state index contributed by atoms with van der Waals surface area (Å²) < 4.78 is 24.4. The molecule has 0 spiro atoms. The number of hydrogen-bond donors (Lipinski definition) is 0. The van der Waals surface area contributed by atoms with Gasteiger partial charge >= 0.3 is 11.9 Å². The van der Waals surface area contributed by atoms with E-state index in [4.69, 9.17) is 9.47 Å². The monoisotopic (exact) mass is 365 g/mol. The maximum absolute atomic E-state index is 14.4. The van der Waals surface area contributed by atoms with Crippen molar-refractivity contribution in [1.29, 1.82) is 0 Å². The van der Waals surface area contributed by atoms with Crippen LogP contribution in [-0.4, -0.2) is 47.2 Å². The normalized spacial score (nSPS) is 20.8. The molecule has 2 aliphatic heterocycles. The second-order valence-electron chi connectivity index (χ2n) is 6.48. The molecule has 0 atom stereocenters. The Bertz CT molecular complexity index is 704. The van der Waals surface area contributed by atoms with Gasteiger partial charge in [0.25, 0.3) is 5.79 Å². The molecule has 25 heavy (non-hydrogen) atoms. The van der Waals surface area contributed by atoms with Crippen LogP contribution in [0.3, 0.4) is 0 Å². The molecule has 134 valence electrons. The Hall–Kier alpha value is -1.86. The predicted molar refractivity (Wildman–Crippen MR) is 93.2 cm³/mol. The van der Waals surface area contributed by atoms with Gasteiger partial charge in [0.2, 0.25) is 0 Å². The molecule has 0 unspecified atom stereocenters. The number of rotatable bonds is 3. The zero-order chi connectivity index (χ0) is 18.0. The molecular weight excluding hydrogens is 345 g/mol. The van der Waals surface area contributed by atoms with E-state index in [1.54, 1.807) is 12.1 Å². The summed E-state index contributed by atoms with van der Waals surface area (Å²) in [6.45, 7) is 5.41. The highest BCUT2D eigenvalue weighted by Crippen LogP contribution is 2.25. The number of cyclic esters (lactones) is 2. The molecule has 2 heterocycles. The summed E-state index contributed by atoms with van der Waals surface area (Å²) in [6, 6.07) is 4.69. The summed E-state index contributed by atoms with van der Waals surface area (Å²) in [4.78, 5) is 26.1. The summed E-state index contributed by atoms with van der Waals surface area (Å²) in [5.41, 5.74) is 0.780. The lowest BCUT2D eigenvalue weighted by molar-refractivity contribution is -0.222. The molecule has 7 heteroatoms. The van der Waals surface area contributed by atoms with E-state index in [2.05, 4.69) is 4.90 Å². The van der Waals surface area contributed by atoms with Crippen LogP contribution < -0.4 is 0 Å². The first-order valence-electron chi connectivity index (χ1n) is 8.11. The van der Waals surface area contributed by atoms with Gasteiger partial charge in [-0.1, -0.05) is 12.1 Å². The van der Waals surface area contributed by atoms with Crippen molar-refractivity contribution in [3.05, 3.63) is 40.7 Å². The molecule has 0 aliphatic carbocycles. The summed E-state index contributed by atoms with van der Waals surface area (Å²) >= 11 is 1.90. The summed E-state index contributed by atoms with van der Waals surface area (Å²) in [5, 5.41) is 0. The van der Waals surface area contributed by atoms with E-state index in [1.807, 2.05) is 11.8 Å². The summed E-state index contributed by atoms with van der Waals surface area (Å²) in [7, 11) is 0. The minimum absolute atomic E-state index is 0.237. The maximum atomic E-state index is 14.4. The lowest BCUT2D eigenvalue weighted by Gasteiger charge is -2.29. The number of carbonyl (C=O) groups excluding carboxylic acids is 2. The standard InChI is InChI=1S/C18H20FNO4S/c1-18(2)23-16(21)14(17(22)24-18)9-12-3-4-13(15(19)10-12)11-20-5-7-25-8-6-20/h3-4,9-10H,5-8,11H2,1-2H3. The molecule has 0 aromatic heterocycles. The molecule has 0 bridgehead atoms. The lowest BCUT2D eigenvalue weighted by Crippen LogP contribution is -2.41. The number of nitrogens with zero attached hydrogens (tertiary/aromatic N) is 1. The third-order valence-electron chi connectivity index (χ3n) is 4.00. The Morgan fingerprint density at radius 2 is 1.84 bits per heavy atom. The maximum Gasteiger partial charge on any atom is 0.348 e. The first kappa shape index (κ1) is 17.9. The van der Waals surface area contributed by atoms with Crippen LogP contribution in [0.15, 0.2) is 23.8 Å². The number of benzene rings is 1. The van der Waals surface area contributed by atoms with Crippen LogP contribution >= 0.6 is 11.8 Å². The van der Waals surface area contributed by atoms with Crippen molar-refractivity contribution in [2.24, 2.45) is 0 Å². The summed E-state index contributed by atoms with van der Waals surface area (Å²) in [5.74, 6) is -1.05. The van der Waals surface area contributed by atoms with Gasteiger partial charge in [0.1, 0.15) is 11.4 Å². The van der Waals surface area contributed by atoms with Crippen LogP contribution in [0.2, 0.25) is 0 Å². The molecule has 0 N–H and O–H groups in total. The molecule has 1 aromatic rings. The van der Waals surface area contributed by atoms with Gasteiger partial charge in [0.05, 0.1) is 0 Å². The Kier molecular flexibility index (Phi) is 5.15. The number of halogens is 1. The number of hydrogen-bond acceptors (Lipinski definition) is 6. The van der Waals surface area contributed by atoms with Gasteiger partial charge in [-0.05, 0) is 17.7 Å². The Labute approximate surface area is 150 Å². The highest BCUT2D eigenvalue weighted by Gasteiger charge is 2.38. The van der Waals surface area contributed by atoms with Crippen molar-refractivity contribution in [1.82, 2.24) is 4.90 Å². The SMILES string of the molecule is CC1(C)OC(=O)C(=Cc2ccc(CN3CCSCC3)c(F)c2)C(=O)O1. The molecule has 0 saturated carbocycles. The topological polar surface area (TPSA) is 55.8 Å². The van der Waals surface area contributed by atoms with E-state index in [0.717, 1.165) is 24.6 Å². The minimum atomic E-state index is -1.28. The van der Waals surface area contributed by atoms with Crippen molar-refractivity contribution in [3.63, 3.8) is 0 Å². The van der Waals surface area contributed by atoms with Crippen LogP contribution in [-0.2, 0) is 25.6 Å². The minimum Gasteiger partial charge on any atom is -0.419 e. The van der Waals surface area contributed by atoms with Crippen molar-refractivity contribution in [3.8, 4) is 0 Å². The van der Waals surface area contributed by atoms with E-state index in [0.29, 0.717) is 17.7 Å². The zero-order valence-corrected chi connectivity index (χ0v) is 15.0. The molecule has 0 amide bonds. The van der Waals surface area contributed by atoms with Crippen molar-refractivity contribution >= 4 is 29.8 Å². The van der Waals surface area contributed by atoms with E-state index < -0.39 is 17.7 Å². The smallest absolute Gasteiger partial charge is 0.348 e. The highest BCUT2D eigenvalue weighted by molar-refractivity contribution is 7.99. The first-order chi connectivity index (χ1) is 11.8. The average Bonchev–Trinajstić information content (AvgIpc) is 2.53. The van der Waals surface area contributed by atoms with Gasteiger partial charge < -0.3 is 9.47 Å². The third kappa shape index (κ3) is 4.41. The molecule has 1 aromatic carbocycles. The Morgan fingerprint density at radius 1 is 1.20 bits per heavy atom. The van der Waals surface area contributed by atoms with E-state index in [-0.39, 0.29) is 11.4 Å². The fourth-order valence-electron chi connectivity index (χ4n) is 2.73. The van der Waals surface area contributed by atoms with Gasteiger partial charge in [-0.15, -0.1) is 0 Å². The number of ether oxygens (including phenoxy) is 2. The zero-order valence-electron chi connectivity index (χ0n) is 14.2. The third-order valence-corrected chi connectivity index (χ3v) is 4.95.